The Balaban J connectivity index is 0.949. The molecule has 0 amide bonds. The monoisotopic (exact) mass is 664 g/mol. The van der Waals surface area contributed by atoms with Crippen molar-refractivity contribution in [1.29, 1.82) is 0 Å². The van der Waals surface area contributed by atoms with Gasteiger partial charge in [0.25, 0.3) is 0 Å². The van der Waals surface area contributed by atoms with E-state index in [0.717, 1.165) is 37.9 Å². The molecule has 2 aliphatic heterocycles. The van der Waals surface area contributed by atoms with Crippen LogP contribution in [0.4, 0.5) is 5.69 Å². The van der Waals surface area contributed by atoms with Crippen LogP contribution < -0.4 is 4.90 Å². The standard InChI is InChI=1S/C48H44N2O/c1-2-11-31(12-3-1)32-13-10-14-35(27-32)49-43-18-7-4-15-37(43)40-28-33(21-24-45(40)49)34-22-25-46-41(29-34)38-16-5-8-19-44(38)50(46)36-23-26-48-42(30-36)39-17-6-9-20-47(39)51-48/h1-5,8-11,13-16,19-20,22,24-31,33,36-37,39,43,47H,6-7,12,17-18,21,23H2. The SMILES string of the molecule is C1=CCC(c2cccc(N3C4=CCC(c5ccc6c(c5)c5ccccc5n6C5C=C6C(=CC5)OC5C=CCCC65)C=C4C4C=CCCC43)c2)C=C1. The van der Waals surface area contributed by atoms with Crippen LogP contribution in [-0.2, 0) is 4.74 Å². The van der Waals surface area contributed by atoms with Crippen molar-refractivity contribution in [2.75, 3.05) is 4.90 Å². The van der Waals surface area contributed by atoms with Crippen molar-refractivity contribution in [3.05, 3.63) is 173 Å². The molecule has 0 N–H and O–H groups in total. The molecule has 51 heavy (non-hydrogen) atoms. The zero-order valence-corrected chi connectivity index (χ0v) is 29.1. The van der Waals surface area contributed by atoms with Gasteiger partial charge in [-0.15, -0.1) is 0 Å². The number of allylic oxidation sites excluding steroid dienone is 12. The second kappa shape index (κ2) is 11.8. The number of ether oxygens (including phenoxy) is 1. The highest BCUT2D eigenvalue weighted by Gasteiger charge is 2.43. The number of hydrogen-bond donors (Lipinski definition) is 0. The van der Waals surface area contributed by atoms with Crippen LogP contribution in [0, 0.1) is 11.8 Å². The lowest BCUT2D eigenvalue weighted by Gasteiger charge is -2.31. The third-order valence-corrected chi connectivity index (χ3v) is 12.9. The average molecular weight is 665 g/mol. The van der Waals surface area contributed by atoms with Gasteiger partial charge in [0, 0.05) is 62.9 Å². The molecule has 0 bridgehead atoms. The predicted molar refractivity (Wildman–Crippen MR) is 210 cm³/mol. The number of fused-ring (bicyclic) bond motifs is 9. The number of rotatable bonds is 4. The Morgan fingerprint density at radius 1 is 0.647 bits per heavy atom. The van der Waals surface area contributed by atoms with Gasteiger partial charge in [-0.3, -0.25) is 0 Å². The van der Waals surface area contributed by atoms with Crippen molar-refractivity contribution in [3.8, 4) is 0 Å². The molecule has 7 unspecified atom stereocenters. The summed E-state index contributed by atoms with van der Waals surface area (Å²) >= 11 is 0. The third kappa shape index (κ3) is 4.70. The minimum atomic E-state index is 0.211. The zero-order chi connectivity index (χ0) is 33.5. The van der Waals surface area contributed by atoms with E-state index in [9.17, 15) is 0 Å². The van der Waals surface area contributed by atoms with E-state index in [0.29, 0.717) is 29.7 Å². The van der Waals surface area contributed by atoms with Gasteiger partial charge in [-0.25, -0.2) is 0 Å². The van der Waals surface area contributed by atoms with E-state index in [4.69, 9.17) is 4.74 Å². The van der Waals surface area contributed by atoms with Gasteiger partial charge in [-0.1, -0.05) is 97.2 Å². The average Bonchev–Trinajstić information content (AvgIpc) is 3.85. The summed E-state index contributed by atoms with van der Waals surface area (Å²) in [6.45, 7) is 0. The first-order valence-electron chi connectivity index (χ1n) is 19.4. The fraction of sp³-hybridized carbons (Fsp3) is 0.292. The molecule has 0 spiro atoms. The summed E-state index contributed by atoms with van der Waals surface area (Å²) < 4.78 is 9.00. The molecule has 3 heterocycles. The fourth-order valence-corrected chi connectivity index (χ4v) is 10.5. The van der Waals surface area contributed by atoms with Gasteiger partial charge in [-0.2, -0.15) is 0 Å². The van der Waals surface area contributed by atoms with Gasteiger partial charge in [0.2, 0.25) is 0 Å². The van der Waals surface area contributed by atoms with Gasteiger partial charge >= 0.3 is 0 Å². The third-order valence-electron chi connectivity index (χ3n) is 12.9. The Hall–Kier alpha value is -5.02. The fourth-order valence-electron chi connectivity index (χ4n) is 10.5. The molecule has 11 rings (SSSR count). The van der Waals surface area contributed by atoms with E-state index in [-0.39, 0.29) is 12.1 Å². The maximum absolute atomic E-state index is 6.39. The summed E-state index contributed by atoms with van der Waals surface area (Å²) in [7, 11) is 0. The van der Waals surface area contributed by atoms with E-state index in [2.05, 4.69) is 149 Å². The number of para-hydroxylation sites is 1. The molecule has 5 aliphatic carbocycles. The van der Waals surface area contributed by atoms with Crippen molar-refractivity contribution in [2.24, 2.45) is 11.8 Å². The largest absolute Gasteiger partial charge is 0.486 e. The van der Waals surface area contributed by atoms with E-state index in [1.54, 1.807) is 0 Å². The molecule has 4 aromatic rings. The molecular weight excluding hydrogens is 621 g/mol. The Morgan fingerprint density at radius 2 is 1.55 bits per heavy atom. The van der Waals surface area contributed by atoms with E-state index < -0.39 is 0 Å². The zero-order valence-electron chi connectivity index (χ0n) is 29.1. The molecule has 252 valence electrons. The minimum Gasteiger partial charge on any atom is -0.486 e. The minimum absolute atomic E-state index is 0.211. The van der Waals surface area contributed by atoms with Crippen LogP contribution in [0.2, 0.25) is 0 Å². The van der Waals surface area contributed by atoms with Crippen LogP contribution in [0.5, 0.6) is 0 Å². The van der Waals surface area contributed by atoms with Crippen molar-refractivity contribution >= 4 is 27.5 Å². The van der Waals surface area contributed by atoms with E-state index in [1.165, 1.54) is 68.3 Å². The van der Waals surface area contributed by atoms with Crippen molar-refractivity contribution in [2.45, 2.75) is 75.0 Å². The van der Waals surface area contributed by atoms with Gasteiger partial charge in [0.15, 0.2) is 0 Å². The summed E-state index contributed by atoms with van der Waals surface area (Å²) in [6.07, 6.45) is 36.6. The van der Waals surface area contributed by atoms with Gasteiger partial charge in [0.05, 0.1) is 6.04 Å². The molecular formula is C48H44N2O. The van der Waals surface area contributed by atoms with Crippen molar-refractivity contribution < 1.29 is 4.74 Å². The molecule has 7 aliphatic rings. The highest BCUT2D eigenvalue weighted by atomic mass is 16.5. The van der Waals surface area contributed by atoms with Crippen LogP contribution in [0.1, 0.15) is 74.0 Å². The first kappa shape index (κ1) is 29.7. The maximum atomic E-state index is 6.39. The number of nitrogens with zero attached hydrogens (tertiary/aromatic N) is 2. The first-order chi connectivity index (χ1) is 25.3. The number of hydrogen-bond acceptors (Lipinski definition) is 2. The quantitative estimate of drug-likeness (QED) is 0.202. The summed E-state index contributed by atoms with van der Waals surface area (Å²) in [5.41, 5.74) is 11.2. The van der Waals surface area contributed by atoms with Crippen LogP contribution in [-0.4, -0.2) is 16.7 Å². The number of benzene rings is 3. The Bertz CT molecular complexity index is 2340. The highest BCUT2D eigenvalue weighted by Crippen LogP contribution is 2.50. The number of anilines is 1. The maximum Gasteiger partial charge on any atom is 0.124 e. The predicted octanol–water partition coefficient (Wildman–Crippen LogP) is 11.7. The summed E-state index contributed by atoms with van der Waals surface area (Å²) in [5, 5.41) is 2.73. The molecule has 0 saturated carbocycles. The van der Waals surface area contributed by atoms with Gasteiger partial charge < -0.3 is 14.2 Å². The normalized spacial score (nSPS) is 30.3. The second-order valence-electron chi connectivity index (χ2n) is 15.6. The number of aromatic nitrogens is 1. The lowest BCUT2D eigenvalue weighted by atomic mass is 9.81. The second-order valence-corrected chi connectivity index (χ2v) is 15.6. The molecule has 2 saturated heterocycles. The smallest absolute Gasteiger partial charge is 0.124 e. The van der Waals surface area contributed by atoms with Crippen molar-refractivity contribution in [1.82, 2.24) is 4.57 Å². The van der Waals surface area contributed by atoms with Crippen LogP contribution in [0.25, 0.3) is 21.8 Å². The highest BCUT2D eigenvalue weighted by molar-refractivity contribution is 6.08. The summed E-state index contributed by atoms with van der Waals surface area (Å²) in [6, 6.07) is 26.6. The lowest BCUT2D eigenvalue weighted by molar-refractivity contribution is 0.164. The summed E-state index contributed by atoms with van der Waals surface area (Å²) in [5.74, 6) is 2.88. The molecule has 2 fully saturated rings. The van der Waals surface area contributed by atoms with Crippen molar-refractivity contribution in [3.63, 3.8) is 0 Å². The molecule has 3 heteroatoms. The summed E-state index contributed by atoms with van der Waals surface area (Å²) in [4.78, 5) is 2.69. The lowest BCUT2D eigenvalue weighted by Crippen LogP contribution is -2.32. The van der Waals surface area contributed by atoms with E-state index >= 15 is 0 Å². The van der Waals surface area contributed by atoms with E-state index in [1.807, 2.05) is 0 Å². The van der Waals surface area contributed by atoms with Gasteiger partial charge in [-0.05, 0) is 110 Å². The molecule has 3 aromatic carbocycles. The van der Waals surface area contributed by atoms with Crippen LogP contribution in [0.15, 0.2) is 162 Å². The van der Waals surface area contributed by atoms with Crippen LogP contribution in [0.3, 0.4) is 0 Å². The molecule has 3 nitrogen and oxygen atoms in total. The molecule has 0 radical (unpaired) electrons. The van der Waals surface area contributed by atoms with Gasteiger partial charge in [0.1, 0.15) is 11.9 Å². The first-order valence-corrected chi connectivity index (χ1v) is 19.4. The molecule has 7 atom stereocenters. The Labute approximate surface area is 301 Å². The topological polar surface area (TPSA) is 17.4 Å². The Morgan fingerprint density at radius 3 is 2.51 bits per heavy atom. The molecule has 1 aromatic heterocycles. The van der Waals surface area contributed by atoms with Crippen LogP contribution >= 0.6 is 0 Å². The Kier molecular flexibility index (Phi) is 6.85.